The lowest BCUT2D eigenvalue weighted by Gasteiger charge is -2.33. The van der Waals surface area contributed by atoms with E-state index in [9.17, 15) is 9.59 Å². The molecule has 1 saturated heterocycles. The normalized spacial score (nSPS) is 15.6. The molecule has 0 aliphatic carbocycles. The first-order valence-corrected chi connectivity index (χ1v) is 9.16. The molecule has 7 heteroatoms. The van der Waals surface area contributed by atoms with Gasteiger partial charge in [-0.3, -0.25) is 4.79 Å². The smallest absolute Gasteiger partial charge is 0.335 e. The average Bonchev–Trinajstić information content (AvgIpc) is 2.93. The number of carbonyl (C=O) groups excluding carboxylic acids is 1. The van der Waals surface area contributed by atoms with E-state index in [4.69, 9.17) is 16.7 Å². The Balaban J connectivity index is 1.85. The molecule has 2 aromatic rings. The van der Waals surface area contributed by atoms with Crippen molar-refractivity contribution in [2.24, 2.45) is 0 Å². The van der Waals surface area contributed by atoms with Crippen LogP contribution in [0.5, 0.6) is 0 Å². The van der Waals surface area contributed by atoms with Crippen LogP contribution < -0.4 is 10.2 Å². The maximum atomic E-state index is 12.7. The standard InChI is InChI=1S/C20H22ClN3O3/c1-12-9-14(5-6-15(12)19(26)27)22-18(25)16-10-13(21)11-17(23-16)24-8-4-7-20(24,2)3/h5-6,9-11H,4,7-8H2,1-3H3,(H,22,25)(H,26,27). The number of halogens is 1. The van der Waals surface area contributed by atoms with E-state index in [2.05, 4.69) is 29.0 Å². The van der Waals surface area contributed by atoms with Crippen LogP contribution in [-0.2, 0) is 0 Å². The lowest BCUT2D eigenvalue weighted by molar-refractivity contribution is 0.0696. The fourth-order valence-electron chi connectivity index (χ4n) is 3.45. The van der Waals surface area contributed by atoms with E-state index in [1.54, 1.807) is 25.1 Å². The molecule has 1 aliphatic rings. The van der Waals surface area contributed by atoms with Crippen LogP contribution in [0.4, 0.5) is 11.5 Å². The van der Waals surface area contributed by atoms with Gasteiger partial charge in [-0.05, 0) is 69.5 Å². The van der Waals surface area contributed by atoms with Gasteiger partial charge in [0.15, 0.2) is 0 Å². The van der Waals surface area contributed by atoms with E-state index in [0.29, 0.717) is 22.1 Å². The van der Waals surface area contributed by atoms with Gasteiger partial charge in [0.25, 0.3) is 5.91 Å². The Hall–Kier alpha value is -2.60. The Morgan fingerprint density at radius 2 is 2.00 bits per heavy atom. The molecule has 1 aromatic heterocycles. The molecule has 6 nitrogen and oxygen atoms in total. The largest absolute Gasteiger partial charge is 0.478 e. The summed E-state index contributed by atoms with van der Waals surface area (Å²) in [5, 5.41) is 12.3. The maximum absolute atomic E-state index is 12.7. The van der Waals surface area contributed by atoms with Crippen molar-refractivity contribution < 1.29 is 14.7 Å². The van der Waals surface area contributed by atoms with Crippen molar-refractivity contribution in [1.29, 1.82) is 0 Å². The third-order valence-corrected chi connectivity index (χ3v) is 5.12. The van der Waals surface area contributed by atoms with Gasteiger partial charge in [0, 0.05) is 22.8 Å². The number of nitrogens with zero attached hydrogens (tertiary/aromatic N) is 2. The van der Waals surface area contributed by atoms with Crippen molar-refractivity contribution in [2.75, 3.05) is 16.8 Å². The first kappa shape index (κ1) is 19.2. The van der Waals surface area contributed by atoms with Crippen molar-refractivity contribution in [3.63, 3.8) is 0 Å². The first-order chi connectivity index (χ1) is 12.7. The minimum absolute atomic E-state index is 0.0325. The van der Waals surface area contributed by atoms with Crippen molar-refractivity contribution in [3.05, 3.63) is 52.2 Å². The molecule has 0 saturated carbocycles. The summed E-state index contributed by atoms with van der Waals surface area (Å²) in [6.07, 6.45) is 2.12. The third-order valence-electron chi connectivity index (χ3n) is 4.90. The Labute approximate surface area is 163 Å². The molecule has 3 rings (SSSR count). The second-order valence-corrected chi connectivity index (χ2v) is 7.82. The van der Waals surface area contributed by atoms with E-state index >= 15 is 0 Å². The van der Waals surface area contributed by atoms with Crippen LogP contribution in [0.2, 0.25) is 5.02 Å². The summed E-state index contributed by atoms with van der Waals surface area (Å²) in [7, 11) is 0. The summed E-state index contributed by atoms with van der Waals surface area (Å²) >= 11 is 6.24. The number of nitrogens with one attached hydrogen (secondary N) is 1. The molecule has 0 radical (unpaired) electrons. The molecule has 0 unspecified atom stereocenters. The summed E-state index contributed by atoms with van der Waals surface area (Å²) in [6, 6.07) is 7.95. The molecule has 2 heterocycles. The minimum atomic E-state index is -1.00. The molecular formula is C20H22ClN3O3. The lowest BCUT2D eigenvalue weighted by Crippen LogP contribution is -2.39. The number of aromatic nitrogens is 1. The fourth-order valence-corrected chi connectivity index (χ4v) is 3.65. The number of benzene rings is 1. The first-order valence-electron chi connectivity index (χ1n) is 8.78. The quantitative estimate of drug-likeness (QED) is 0.813. The van der Waals surface area contributed by atoms with Gasteiger partial charge in [0.05, 0.1) is 5.56 Å². The number of amides is 1. The summed E-state index contributed by atoms with van der Waals surface area (Å²) < 4.78 is 0. The molecule has 1 amide bonds. The molecule has 2 N–H and O–H groups in total. The molecule has 1 fully saturated rings. The van der Waals surface area contributed by atoms with Gasteiger partial charge >= 0.3 is 5.97 Å². The number of rotatable bonds is 4. The SMILES string of the molecule is Cc1cc(NC(=O)c2cc(Cl)cc(N3CCCC3(C)C)n2)ccc1C(=O)O. The van der Waals surface area contributed by atoms with Gasteiger partial charge in [0.1, 0.15) is 11.5 Å². The second-order valence-electron chi connectivity index (χ2n) is 7.39. The highest BCUT2D eigenvalue weighted by molar-refractivity contribution is 6.31. The summed E-state index contributed by atoms with van der Waals surface area (Å²) in [5.41, 5.74) is 1.47. The van der Waals surface area contributed by atoms with Gasteiger partial charge in [-0.15, -0.1) is 0 Å². The third kappa shape index (κ3) is 4.06. The lowest BCUT2D eigenvalue weighted by atomic mass is 10.0. The zero-order valence-corrected chi connectivity index (χ0v) is 16.3. The Kier molecular flexibility index (Phi) is 5.11. The summed E-state index contributed by atoms with van der Waals surface area (Å²) in [4.78, 5) is 30.5. The number of aryl methyl sites for hydroxylation is 1. The minimum Gasteiger partial charge on any atom is -0.478 e. The van der Waals surface area contributed by atoms with Crippen LogP contribution in [0.25, 0.3) is 0 Å². The fraction of sp³-hybridized carbons (Fsp3) is 0.350. The Bertz CT molecular complexity index is 911. The monoisotopic (exact) mass is 387 g/mol. The molecular weight excluding hydrogens is 366 g/mol. The number of pyridine rings is 1. The van der Waals surface area contributed by atoms with Gasteiger partial charge in [-0.1, -0.05) is 11.6 Å². The molecule has 0 bridgehead atoms. The summed E-state index contributed by atoms with van der Waals surface area (Å²) in [5.74, 6) is -0.703. The predicted octanol–water partition coefficient (Wildman–Crippen LogP) is 4.37. The van der Waals surface area contributed by atoms with Crippen LogP contribution >= 0.6 is 11.6 Å². The van der Waals surface area contributed by atoms with E-state index in [-0.39, 0.29) is 16.8 Å². The van der Waals surface area contributed by atoms with Gasteiger partial charge in [-0.2, -0.15) is 0 Å². The average molecular weight is 388 g/mol. The van der Waals surface area contributed by atoms with Gasteiger partial charge < -0.3 is 15.3 Å². The van der Waals surface area contributed by atoms with Crippen molar-refractivity contribution in [2.45, 2.75) is 39.2 Å². The Morgan fingerprint density at radius 1 is 1.26 bits per heavy atom. The van der Waals surface area contributed by atoms with Crippen molar-refractivity contribution in [3.8, 4) is 0 Å². The van der Waals surface area contributed by atoms with Crippen LogP contribution in [0.15, 0.2) is 30.3 Å². The number of anilines is 2. The molecule has 1 aliphatic heterocycles. The Morgan fingerprint density at radius 3 is 2.59 bits per heavy atom. The maximum Gasteiger partial charge on any atom is 0.335 e. The van der Waals surface area contributed by atoms with Crippen molar-refractivity contribution in [1.82, 2.24) is 4.98 Å². The van der Waals surface area contributed by atoms with E-state index in [1.165, 1.54) is 12.1 Å². The molecule has 1 aromatic carbocycles. The molecule has 0 spiro atoms. The molecule has 0 atom stereocenters. The number of carboxylic acids is 1. The zero-order chi connectivity index (χ0) is 19.8. The van der Waals surface area contributed by atoms with E-state index in [0.717, 1.165) is 19.4 Å². The van der Waals surface area contributed by atoms with Gasteiger partial charge in [0.2, 0.25) is 0 Å². The molecule has 142 valence electrons. The highest BCUT2D eigenvalue weighted by atomic mass is 35.5. The van der Waals surface area contributed by atoms with Crippen LogP contribution in [0.1, 0.15) is 53.1 Å². The predicted molar refractivity (Wildman–Crippen MR) is 106 cm³/mol. The highest BCUT2D eigenvalue weighted by Crippen LogP contribution is 2.33. The number of aromatic carboxylic acids is 1. The van der Waals surface area contributed by atoms with Gasteiger partial charge in [-0.25, -0.2) is 9.78 Å². The number of hydrogen-bond acceptors (Lipinski definition) is 4. The zero-order valence-electron chi connectivity index (χ0n) is 15.5. The highest BCUT2D eigenvalue weighted by Gasteiger charge is 2.33. The molecule has 27 heavy (non-hydrogen) atoms. The van der Waals surface area contributed by atoms with Crippen LogP contribution in [-0.4, -0.2) is 34.1 Å². The van der Waals surface area contributed by atoms with Crippen LogP contribution in [0.3, 0.4) is 0 Å². The topological polar surface area (TPSA) is 82.5 Å². The summed E-state index contributed by atoms with van der Waals surface area (Å²) in [6.45, 7) is 6.85. The number of hydrogen-bond donors (Lipinski definition) is 2. The van der Waals surface area contributed by atoms with Crippen molar-refractivity contribution >= 4 is 35.0 Å². The number of carboxylic acid groups (broad SMARTS) is 1. The van der Waals surface area contributed by atoms with E-state index in [1.807, 2.05) is 0 Å². The number of carbonyl (C=O) groups is 2. The van der Waals surface area contributed by atoms with E-state index < -0.39 is 11.9 Å². The van der Waals surface area contributed by atoms with Crippen LogP contribution in [0, 0.1) is 6.92 Å². The second kappa shape index (κ2) is 7.19.